The number of benzene rings is 1. The second kappa shape index (κ2) is 5.68. The summed E-state index contributed by atoms with van der Waals surface area (Å²) in [5.74, 6) is 5.51. The molecule has 0 spiro atoms. The standard InChI is InChI=1S/C15H15NO3/c1-11-10-13(16-14(18)7-8-15(16)19)6-5-12(11)4-2-3-9-17/h5-6,10,17H,3,7-9H2,1H3. The van der Waals surface area contributed by atoms with Crippen LogP contribution in [0.2, 0.25) is 0 Å². The third-order valence-corrected chi connectivity index (χ3v) is 2.98. The molecule has 0 saturated carbocycles. The van der Waals surface area contributed by atoms with Gasteiger partial charge in [0.1, 0.15) is 0 Å². The summed E-state index contributed by atoms with van der Waals surface area (Å²) in [6, 6.07) is 5.33. The molecule has 2 rings (SSSR count). The van der Waals surface area contributed by atoms with E-state index in [1.165, 1.54) is 4.90 Å². The van der Waals surface area contributed by atoms with E-state index in [2.05, 4.69) is 11.8 Å². The Balaban J connectivity index is 2.27. The van der Waals surface area contributed by atoms with Crippen molar-refractivity contribution in [1.82, 2.24) is 0 Å². The van der Waals surface area contributed by atoms with Crippen molar-refractivity contribution < 1.29 is 14.7 Å². The fourth-order valence-corrected chi connectivity index (χ4v) is 2.01. The van der Waals surface area contributed by atoms with Crippen LogP contribution in [-0.2, 0) is 9.59 Å². The van der Waals surface area contributed by atoms with Crippen LogP contribution < -0.4 is 4.90 Å². The highest BCUT2D eigenvalue weighted by Crippen LogP contribution is 2.24. The minimum Gasteiger partial charge on any atom is -0.395 e. The van der Waals surface area contributed by atoms with E-state index in [0.717, 1.165) is 11.1 Å². The Morgan fingerprint density at radius 1 is 1.26 bits per heavy atom. The van der Waals surface area contributed by atoms with Gasteiger partial charge < -0.3 is 5.11 Å². The maximum atomic E-state index is 11.6. The van der Waals surface area contributed by atoms with Crippen molar-refractivity contribution >= 4 is 17.5 Å². The fraction of sp³-hybridized carbons (Fsp3) is 0.333. The van der Waals surface area contributed by atoms with Crippen molar-refractivity contribution in [3.63, 3.8) is 0 Å². The second-order valence-electron chi connectivity index (χ2n) is 4.40. The smallest absolute Gasteiger partial charge is 0.234 e. The summed E-state index contributed by atoms with van der Waals surface area (Å²) in [7, 11) is 0. The summed E-state index contributed by atoms with van der Waals surface area (Å²) >= 11 is 0. The van der Waals surface area contributed by atoms with Gasteiger partial charge >= 0.3 is 0 Å². The number of carbonyl (C=O) groups is 2. The van der Waals surface area contributed by atoms with Crippen molar-refractivity contribution in [1.29, 1.82) is 0 Å². The fourth-order valence-electron chi connectivity index (χ4n) is 2.01. The number of hydrogen-bond donors (Lipinski definition) is 1. The lowest BCUT2D eigenvalue weighted by molar-refractivity contribution is -0.121. The Kier molecular flexibility index (Phi) is 3.98. The van der Waals surface area contributed by atoms with Gasteiger partial charge in [0.15, 0.2) is 0 Å². The summed E-state index contributed by atoms with van der Waals surface area (Å²) in [5.41, 5.74) is 2.37. The van der Waals surface area contributed by atoms with E-state index in [1.54, 1.807) is 18.2 Å². The zero-order valence-electron chi connectivity index (χ0n) is 10.8. The first-order chi connectivity index (χ1) is 9.13. The maximum Gasteiger partial charge on any atom is 0.234 e. The number of aryl methyl sites for hydroxylation is 1. The van der Waals surface area contributed by atoms with Gasteiger partial charge in [-0.05, 0) is 30.7 Å². The SMILES string of the molecule is Cc1cc(N2C(=O)CCC2=O)ccc1C#CCCO. The molecule has 98 valence electrons. The first kappa shape index (κ1) is 13.3. The highest BCUT2D eigenvalue weighted by Gasteiger charge is 2.30. The molecule has 0 atom stereocenters. The number of anilines is 1. The van der Waals surface area contributed by atoms with Crippen molar-refractivity contribution in [2.45, 2.75) is 26.2 Å². The molecule has 4 nitrogen and oxygen atoms in total. The molecule has 1 fully saturated rings. The van der Waals surface area contributed by atoms with E-state index >= 15 is 0 Å². The molecule has 19 heavy (non-hydrogen) atoms. The van der Waals surface area contributed by atoms with Gasteiger partial charge in [-0.25, -0.2) is 0 Å². The number of nitrogens with zero attached hydrogens (tertiary/aromatic N) is 1. The van der Waals surface area contributed by atoms with Crippen molar-refractivity contribution in [3.05, 3.63) is 29.3 Å². The van der Waals surface area contributed by atoms with Gasteiger partial charge in [-0.3, -0.25) is 14.5 Å². The molecule has 0 aromatic heterocycles. The molecule has 1 aromatic carbocycles. The Labute approximate surface area is 112 Å². The topological polar surface area (TPSA) is 57.6 Å². The minimum absolute atomic E-state index is 0.0426. The predicted octanol–water partition coefficient (Wildman–Crippen LogP) is 1.38. The number of imide groups is 1. The number of aliphatic hydroxyl groups excluding tert-OH is 1. The molecule has 0 bridgehead atoms. The van der Waals surface area contributed by atoms with Crippen molar-refractivity contribution in [3.8, 4) is 11.8 Å². The molecule has 1 aromatic rings. The van der Waals surface area contributed by atoms with Gasteiger partial charge in [-0.1, -0.05) is 11.8 Å². The lowest BCUT2D eigenvalue weighted by atomic mass is 10.1. The highest BCUT2D eigenvalue weighted by atomic mass is 16.2. The van der Waals surface area contributed by atoms with Crippen LogP contribution in [0.15, 0.2) is 18.2 Å². The van der Waals surface area contributed by atoms with E-state index in [9.17, 15) is 9.59 Å². The normalized spacial score (nSPS) is 14.5. The average molecular weight is 257 g/mol. The van der Waals surface area contributed by atoms with Crippen LogP contribution in [0.25, 0.3) is 0 Å². The Morgan fingerprint density at radius 2 is 1.95 bits per heavy atom. The van der Waals surface area contributed by atoms with Crippen molar-refractivity contribution in [2.24, 2.45) is 0 Å². The van der Waals surface area contributed by atoms with E-state index in [1.807, 2.05) is 6.92 Å². The van der Waals surface area contributed by atoms with Crippen LogP contribution >= 0.6 is 0 Å². The predicted molar refractivity (Wildman–Crippen MR) is 71.5 cm³/mol. The molecular formula is C15H15NO3. The van der Waals surface area contributed by atoms with Crippen LogP contribution in [0.5, 0.6) is 0 Å². The zero-order valence-corrected chi connectivity index (χ0v) is 10.8. The van der Waals surface area contributed by atoms with Crippen molar-refractivity contribution in [2.75, 3.05) is 11.5 Å². The van der Waals surface area contributed by atoms with Gasteiger partial charge in [0.25, 0.3) is 0 Å². The van der Waals surface area contributed by atoms with E-state index in [4.69, 9.17) is 5.11 Å². The highest BCUT2D eigenvalue weighted by molar-refractivity contribution is 6.19. The van der Waals surface area contributed by atoms with Crippen LogP contribution in [0.1, 0.15) is 30.4 Å². The molecular weight excluding hydrogens is 242 g/mol. The third kappa shape index (κ3) is 2.83. The molecule has 1 aliphatic rings. The number of rotatable bonds is 2. The molecule has 1 heterocycles. The Hall–Kier alpha value is -2.12. The van der Waals surface area contributed by atoms with E-state index in [-0.39, 0.29) is 31.3 Å². The molecule has 4 heteroatoms. The molecule has 0 unspecified atom stereocenters. The summed E-state index contributed by atoms with van der Waals surface area (Å²) < 4.78 is 0. The van der Waals surface area contributed by atoms with E-state index in [0.29, 0.717) is 12.1 Å². The monoisotopic (exact) mass is 257 g/mol. The number of aliphatic hydroxyl groups is 1. The zero-order chi connectivity index (χ0) is 13.8. The van der Waals surface area contributed by atoms with Crippen LogP contribution in [0.3, 0.4) is 0 Å². The molecule has 1 aliphatic heterocycles. The first-order valence-electron chi connectivity index (χ1n) is 6.19. The lowest BCUT2D eigenvalue weighted by Gasteiger charge is -2.14. The van der Waals surface area contributed by atoms with Gasteiger partial charge in [0, 0.05) is 24.8 Å². The molecule has 0 radical (unpaired) electrons. The number of amides is 2. The quantitative estimate of drug-likeness (QED) is 0.643. The second-order valence-corrected chi connectivity index (χ2v) is 4.40. The summed E-state index contributed by atoms with van der Waals surface area (Å²) in [5, 5.41) is 8.68. The summed E-state index contributed by atoms with van der Waals surface area (Å²) in [6.45, 7) is 1.93. The van der Waals surface area contributed by atoms with Gasteiger partial charge in [0.2, 0.25) is 11.8 Å². The minimum atomic E-state index is -0.150. The third-order valence-electron chi connectivity index (χ3n) is 2.98. The summed E-state index contributed by atoms with van der Waals surface area (Å²) in [6.07, 6.45) is 1.01. The van der Waals surface area contributed by atoms with E-state index < -0.39 is 0 Å². The average Bonchev–Trinajstić information content (AvgIpc) is 2.71. The number of carbonyl (C=O) groups excluding carboxylic acids is 2. The molecule has 1 saturated heterocycles. The van der Waals surface area contributed by atoms with Crippen LogP contribution in [0.4, 0.5) is 5.69 Å². The largest absolute Gasteiger partial charge is 0.395 e. The van der Waals surface area contributed by atoms with Crippen LogP contribution in [-0.4, -0.2) is 23.5 Å². The summed E-state index contributed by atoms with van der Waals surface area (Å²) in [4.78, 5) is 24.5. The molecule has 0 aliphatic carbocycles. The lowest BCUT2D eigenvalue weighted by Crippen LogP contribution is -2.28. The van der Waals surface area contributed by atoms with Gasteiger partial charge in [-0.2, -0.15) is 0 Å². The Morgan fingerprint density at radius 3 is 2.53 bits per heavy atom. The van der Waals surface area contributed by atoms with Gasteiger partial charge in [0.05, 0.1) is 12.3 Å². The van der Waals surface area contributed by atoms with Gasteiger partial charge in [-0.15, -0.1) is 0 Å². The van der Waals surface area contributed by atoms with Crippen LogP contribution in [0, 0.1) is 18.8 Å². The first-order valence-corrected chi connectivity index (χ1v) is 6.19. The maximum absolute atomic E-state index is 11.6. The Bertz CT molecular complexity index is 565. The molecule has 1 N–H and O–H groups in total. The number of hydrogen-bond acceptors (Lipinski definition) is 3. The molecule has 2 amide bonds.